The molecule has 3 aliphatic heterocycles. The number of hydrogen-bond donors (Lipinski definition) is 1. The molecule has 0 bridgehead atoms. The van der Waals surface area contributed by atoms with Gasteiger partial charge in [-0.2, -0.15) is 0 Å². The summed E-state index contributed by atoms with van der Waals surface area (Å²) in [6, 6.07) is 7.48. The Balaban J connectivity index is 1.43. The van der Waals surface area contributed by atoms with E-state index >= 15 is 0 Å². The molecule has 0 aliphatic carbocycles. The Kier molecular flexibility index (Phi) is 11.6. The number of carbonyl (C=O) groups excluding carboxylic acids is 2. The second-order valence-electron chi connectivity index (χ2n) is 14.0. The molecule has 4 heterocycles. The lowest BCUT2D eigenvalue weighted by molar-refractivity contribution is -0.123. The molecule has 0 spiro atoms. The van der Waals surface area contributed by atoms with Crippen LogP contribution in [0.3, 0.4) is 0 Å². The SMILES string of the molecule is COC[C@H]1COc2nc(CO)c(Cc3ccc(F)cc3)cc2N1C(=O)CN1C[C@@H](C)N(C(=O)OC(C)(C)C)C[C@@H]1CN1CCOC[C@H]1C. The Labute approximate surface area is 282 Å². The predicted molar refractivity (Wildman–Crippen MR) is 178 cm³/mol. The number of pyridine rings is 1. The van der Waals surface area contributed by atoms with Gasteiger partial charge in [-0.05, 0) is 70.4 Å². The summed E-state index contributed by atoms with van der Waals surface area (Å²) in [6.45, 7) is 13.5. The number of piperazine rings is 1. The van der Waals surface area contributed by atoms with Crippen molar-refractivity contribution in [2.75, 3.05) is 71.2 Å². The van der Waals surface area contributed by atoms with Gasteiger partial charge in [0, 0.05) is 51.4 Å². The standard InChI is InChI=1S/C35H50FN5O7/c1-23-15-39(28(16-38-11-12-46-20-24(38)2)17-40(23)34(44)48-35(3,4)5)18-32(43)41-29(21-45-6)22-47-33-31(41)14-26(30(19-42)37-33)13-25-7-9-27(36)10-8-25/h7-10,14,23-24,28-29,42H,11-13,15-22H2,1-6H3/t23-,24-,28+,29+/m1/s1. The van der Waals surface area contributed by atoms with Crippen molar-refractivity contribution in [1.29, 1.82) is 0 Å². The minimum absolute atomic E-state index is 0.102. The van der Waals surface area contributed by atoms with Crippen LogP contribution in [0.5, 0.6) is 5.88 Å². The predicted octanol–water partition coefficient (Wildman–Crippen LogP) is 3.07. The number of ether oxygens (including phenoxy) is 4. The van der Waals surface area contributed by atoms with Gasteiger partial charge in [0.05, 0.1) is 44.7 Å². The van der Waals surface area contributed by atoms with Crippen molar-refractivity contribution in [3.8, 4) is 5.88 Å². The third-order valence-corrected chi connectivity index (χ3v) is 9.13. The largest absolute Gasteiger partial charge is 0.474 e. The molecule has 1 N–H and O–H groups in total. The molecule has 12 nitrogen and oxygen atoms in total. The Morgan fingerprint density at radius 1 is 1.06 bits per heavy atom. The molecule has 0 unspecified atom stereocenters. The maximum atomic E-state index is 14.5. The number of morpholine rings is 1. The van der Waals surface area contributed by atoms with E-state index in [2.05, 4.69) is 21.7 Å². The van der Waals surface area contributed by atoms with Crippen LogP contribution >= 0.6 is 0 Å². The van der Waals surface area contributed by atoms with Crippen molar-refractivity contribution in [3.05, 3.63) is 53.0 Å². The molecule has 1 aromatic carbocycles. The van der Waals surface area contributed by atoms with Gasteiger partial charge in [-0.3, -0.25) is 19.5 Å². The first-order chi connectivity index (χ1) is 22.9. The molecule has 13 heteroatoms. The van der Waals surface area contributed by atoms with E-state index in [-0.39, 0.29) is 68.2 Å². The van der Waals surface area contributed by atoms with Gasteiger partial charge in [0.15, 0.2) is 0 Å². The number of rotatable bonds is 9. The highest BCUT2D eigenvalue weighted by molar-refractivity contribution is 5.97. The van der Waals surface area contributed by atoms with E-state index in [1.807, 2.05) is 33.8 Å². The maximum absolute atomic E-state index is 14.5. The molecule has 2 aromatic rings. The Hall–Kier alpha value is -3.36. The van der Waals surface area contributed by atoms with Gasteiger partial charge >= 0.3 is 6.09 Å². The summed E-state index contributed by atoms with van der Waals surface area (Å²) in [6.07, 6.45) is 0.0277. The van der Waals surface area contributed by atoms with E-state index in [9.17, 15) is 19.1 Å². The van der Waals surface area contributed by atoms with Crippen LogP contribution in [0, 0.1) is 5.82 Å². The molecule has 2 amide bonds. The monoisotopic (exact) mass is 671 g/mol. The smallest absolute Gasteiger partial charge is 0.410 e. The summed E-state index contributed by atoms with van der Waals surface area (Å²) in [5.74, 6) is -0.213. The van der Waals surface area contributed by atoms with Crippen molar-refractivity contribution < 1.29 is 38.0 Å². The number of halogens is 1. The Bertz CT molecular complexity index is 1420. The van der Waals surface area contributed by atoms with Gasteiger partial charge in [-0.1, -0.05) is 12.1 Å². The first kappa shape index (κ1) is 35.9. The molecular formula is C35H50FN5O7. The first-order valence-electron chi connectivity index (χ1n) is 16.7. The second-order valence-corrected chi connectivity index (χ2v) is 14.0. The molecule has 0 saturated carbocycles. The van der Waals surface area contributed by atoms with E-state index < -0.39 is 11.6 Å². The number of aliphatic hydroxyl groups excluding tert-OH is 1. The van der Waals surface area contributed by atoms with Crippen LogP contribution in [-0.4, -0.2) is 133 Å². The summed E-state index contributed by atoms with van der Waals surface area (Å²) >= 11 is 0. The van der Waals surface area contributed by atoms with Crippen molar-refractivity contribution >= 4 is 17.7 Å². The molecular weight excluding hydrogens is 621 g/mol. The van der Waals surface area contributed by atoms with E-state index in [1.54, 1.807) is 29.0 Å². The van der Waals surface area contributed by atoms with Crippen LogP contribution in [0.15, 0.2) is 30.3 Å². The fraction of sp³-hybridized carbons (Fsp3) is 0.629. The van der Waals surface area contributed by atoms with Gasteiger partial charge in [-0.15, -0.1) is 0 Å². The number of nitrogens with zero attached hydrogens (tertiary/aromatic N) is 5. The molecule has 4 atom stereocenters. The zero-order chi connectivity index (χ0) is 34.6. The topological polar surface area (TPSA) is 117 Å². The average molecular weight is 672 g/mol. The second kappa shape index (κ2) is 15.5. The lowest BCUT2D eigenvalue weighted by Gasteiger charge is -2.48. The van der Waals surface area contributed by atoms with Crippen molar-refractivity contribution in [1.82, 2.24) is 19.7 Å². The molecule has 1 aromatic heterocycles. The van der Waals surface area contributed by atoms with Gasteiger partial charge in [0.25, 0.3) is 0 Å². The first-order valence-corrected chi connectivity index (χ1v) is 16.7. The summed E-state index contributed by atoms with van der Waals surface area (Å²) < 4.78 is 36.6. The van der Waals surface area contributed by atoms with E-state index in [0.29, 0.717) is 56.2 Å². The van der Waals surface area contributed by atoms with Crippen LogP contribution in [-0.2, 0) is 32.0 Å². The van der Waals surface area contributed by atoms with Gasteiger partial charge < -0.3 is 29.0 Å². The number of benzene rings is 1. The number of hydrogen-bond acceptors (Lipinski definition) is 10. The molecule has 48 heavy (non-hydrogen) atoms. The van der Waals surface area contributed by atoms with Gasteiger partial charge in [0.2, 0.25) is 11.8 Å². The van der Waals surface area contributed by atoms with Crippen LogP contribution in [0.25, 0.3) is 0 Å². The molecule has 264 valence electrons. The van der Waals surface area contributed by atoms with Crippen molar-refractivity contribution in [2.24, 2.45) is 0 Å². The number of aliphatic hydroxyl groups is 1. The minimum atomic E-state index is -0.627. The molecule has 3 aliphatic rings. The van der Waals surface area contributed by atoms with Crippen LogP contribution in [0.4, 0.5) is 14.9 Å². The number of carbonyl (C=O) groups is 2. The van der Waals surface area contributed by atoms with Crippen LogP contribution in [0.1, 0.15) is 51.4 Å². The third-order valence-electron chi connectivity index (χ3n) is 9.13. The molecule has 2 saturated heterocycles. The maximum Gasteiger partial charge on any atom is 0.410 e. The number of anilines is 1. The quantitative estimate of drug-likeness (QED) is 0.427. The van der Waals surface area contributed by atoms with Crippen LogP contribution < -0.4 is 9.64 Å². The van der Waals surface area contributed by atoms with Crippen LogP contribution in [0.2, 0.25) is 0 Å². The molecule has 0 radical (unpaired) electrons. The molecule has 2 fully saturated rings. The van der Waals surface area contributed by atoms with E-state index in [4.69, 9.17) is 18.9 Å². The number of amides is 2. The molecule has 5 rings (SSSR count). The summed E-state index contributed by atoms with van der Waals surface area (Å²) in [5.41, 5.74) is 1.86. The zero-order valence-corrected chi connectivity index (χ0v) is 29.0. The lowest BCUT2D eigenvalue weighted by atomic mass is 10.0. The van der Waals surface area contributed by atoms with Crippen molar-refractivity contribution in [2.45, 2.75) is 77.4 Å². The number of methoxy groups -OCH3 is 1. The highest BCUT2D eigenvalue weighted by Crippen LogP contribution is 2.36. The Morgan fingerprint density at radius 3 is 2.48 bits per heavy atom. The fourth-order valence-corrected chi connectivity index (χ4v) is 6.66. The highest BCUT2D eigenvalue weighted by atomic mass is 19.1. The fourth-order valence-electron chi connectivity index (χ4n) is 6.66. The number of aromatic nitrogens is 1. The Morgan fingerprint density at radius 2 is 1.81 bits per heavy atom. The number of fused-ring (bicyclic) bond motifs is 1. The summed E-state index contributed by atoms with van der Waals surface area (Å²) in [4.78, 5) is 40.4. The normalized spacial score (nSPS) is 23.8. The average Bonchev–Trinajstić information content (AvgIpc) is 3.03. The van der Waals surface area contributed by atoms with E-state index in [0.717, 1.165) is 12.1 Å². The minimum Gasteiger partial charge on any atom is -0.474 e. The lowest BCUT2D eigenvalue weighted by Crippen LogP contribution is -2.65. The summed E-state index contributed by atoms with van der Waals surface area (Å²) in [7, 11) is 1.59. The highest BCUT2D eigenvalue weighted by Gasteiger charge is 2.41. The van der Waals surface area contributed by atoms with Crippen molar-refractivity contribution in [3.63, 3.8) is 0 Å². The zero-order valence-electron chi connectivity index (χ0n) is 29.0. The summed E-state index contributed by atoms with van der Waals surface area (Å²) in [5, 5.41) is 10.2. The van der Waals surface area contributed by atoms with Gasteiger partial charge in [0.1, 0.15) is 23.7 Å². The van der Waals surface area contributed by atoms with E-state index in [1.165, 1.54) is 12.1 Å². The third kappa shape index (κ3) is 8.61. The van der Waals surface area contributed by atoms with Gasteiger partial charge in [-0.25, -0.2) is 14.2 Å².